The number of amides is 1. The fourth-order valence-electron chi connectivity index (χ4n) is 2.93. The summed E-state index contributed by atoms with van der Waals surface area (Å²) in [5.74, 6) is -0.521. The van der Waals surface area contributed by atoms with E-state index in [4.69, 9.17) is 5.21 Å². The predicted molar refractivity (Wildman–Crippen MR) is 84.4 cm³/mol. The molecular weight excluding hydrogens is 300 g/mol. The van der Waals surface area contributed by atoms with Crippen molar-refractivity contribution in [1.82, 2.24) is 15.4 Å². The van der Waals surface area contributed by atoms with E-state index in [1.54, 1.807) is 5.48 Å². The summed E-state index contributed by atoms with van der Waals surface area (Å²) in [5, 5.41) is 10.8. The molecule has 0 saturated heterocycles. The number of nitrogens with one attached hydrogen (secondary N) is 2. The predicted octanol–water partition coefficient (Wildman–Crippen LogP) is 2.31. The lowest BCUT2D eigenvalue weighted by Gasteiger charge is -2.26. The Balaban J connectivity index is 1.64. The van der Waals surface area contributed by atoms with Crippen LogP contribution in [0.25, 0.3) is 10.9 Å². The molecule has 0 fully saturated rings. The summed E-state index contributed by atoms with van der Waals surface area (Å²) < 4.78 is 0. The SMILES string of the molecule is O=C(NO)c1cnc(N2CCc3c([nH]c4ccccc34)C2)s1. The number of para-hydroxylation sites is 1. The van der Waals surface area contributed by atoms with Crippen molar-refractivity contribution in [1.29, 1.82) is 0 Å². The minimum Gasteiger partial charge on any atom is -0.357 e. The van der Waals surface area contributed by atoms with E-state index < -0.39 is 5.91 Å². The van der Waals surface area contributed by atoms with Crippen LogP contribution in [0.4, 0.5) is 5.13 Å². The van der Waals surface area contributed by atoms with Crippen LogP contribution in [-0.4, -0.2) is 27.6 Å². The van der Waals surface area contributed by atoms with E-state index in [0.717, 1.165) is 30.2 Å². The Morgan fingerprint density at radius 1 is 1.41 bits per heavy atom. The number of hydrogen-bond acceptors (Lipinski definition) is 5. The van der Waals surface area contributed by atoms with Crippen LogP contribution in [0.3, 0.4) is 0 Å². The Hall–Kier alpha value is -2.38. The van der Waals surface area contributed by atoms with Gasteiger partial charge >= 0.3 is 0 Å². The highest BCUT2D eigenvalue weighted by Gasteiger charge is 2.23. The molecule has 0 spiro atoms. The van der Waals surface area contributed by atoms with Crippen LogP contribution in [0.2, 0.25) is 0 Å². The Labute approximate surface area is 130 Å². The first-order valence-electron chi connectivity index (χ1n) is 7.00. The van der Waals surface area contributed by atoms with Crippen LogP contribution >= 0.6 is 11.3 Å². The van der Waals surface area contributed by atoms with Crippen LogP contribution in [0.1, 0.15) is 20.9 Å². The van der Waals surface area contributed by atoms with E-state index in [-0.39, 0.29) is 0 Å². The Morgan fingerprint density at radius 2 is 2.27 bits per heavy atom. The minimum absolute atomic E-state index is 0.403. The molecule has 7 heteroatoms. The topological polar surface area (TPSA) is 81.2 Å². The molecule has 22 heavy (non-hydrogen) atoms. The molecule has 2 aromatic heterocycles. The number of hydroxylamine groups is 1. The number of carbonyl (C=O) groups is 1. The number of fused-ring (bicyclic) bond motifs is 3. The van der Waals surface area contributed by atoms with Crippen molar-refractivity contribution in [3.8, 4) is 0 Å². The maximum atomic E-state index is 11.4. The van der Waals surface area contributed by atoms with E-state index in [2.05, 4.69) is 33.1 Å². The van der Waals surface area contributed by atoms with Gasteiger partial charge in [0, 0.05) is 23.1 Å². The second kappa shape index (κ2) is 5.11. The molecule has 0 atom stereocenters. The Morgan fingerprint density at radius 3 is 3.14 bits per heavy atom. The molecule has 112 valence electrons. The average Bonchev–Trinajstić information content (AvgIpc) is 3.18. The zero-order valence-electron chi connectivity index (χ0n) is 11.7. The van der Waals surface area contributed by atoms with E-state index in [1.807, 2.05) is 6.07 Å². The molecule has 4 rings (SSSR count). The summed E-state index contributed by atoms with van der Waals surface area (Å²) in [6.45, 7) is 1.61. The molecule has 3 aromatic rings. The van der Waals surface area contributed by atoms with Gasteiger partial charge in [-0.25, -0.2) is 10.5 Å². The summed E-state index contributed by atoms with van der Waals surface area (Å²) in [6, 6.07) is 8.32. The second-order valence-electron chi connectivity index (χ2n) is 5.25. The largest absolute Gasteiger partial charge is 0.357 e. The third kappa shape index (κ3) is 2.06. The van der Waals surface area contributed by atoms with Crippen LogP contribution in [0.5, 0.6) is 0 Å². The van der Waals surface area contributed by atoms with Crippen LogP contribution < -0.4 is 10.4 Å². The van der Waals surface area contributed by atoms with Gasteiger partial charge in [-0.05, 0) is 18.1 Å². The van der Waals surface area contributed by atoms with E-state index >= 15 is 0 Å². The molecule has 1 aromatic carbocycles. The molecule has 6 nitrogen and oxygen atoms in total. The average molecular weight is 314 g/mol. The van der Waals surface area contributed by atoms with E-state index in [9.17, 15) is 4.79 Å². The molecule has 3 heterocycles. The summed E-state index contributed by atoms with van der Waals surface area (Å²) >= 11 is 1.28. The van der Waals surface area contributed by atoms with Gasteiger partial charge in [0.05, 0.1) is 12.7 Å². The molecule has 1 aliphatic heterocycles. The number of carbonyl (C=O) groups excluding carboxylic acids is 1. The van der Waals surface area contributed by atoms with E-state index in [1.165, 1.54) is 34.2 Å². The number of hydrogen-bond donors (Lipinski definition) is 3. The summed E-state index contributed by atoms with van der Waals surface area (Å²) in [7, 11) is 0. The Kier molecular flexibility index (Phi) is 3.09. The quantitative estimate of drug-likeness (QED) is 0.501. The maximum absolute atomic E-state index is 11.4. The van der Waals surface area contributed by atoms with Gasteiger partial charge in [0.15, 0.2) is 5.13 Å². The van der Waals surface area contributed by atoms with Gasteiger partial charge in [-0.3, -0.25) is 10.0 Å². The smallest absolute Gasteiger partial charge is 0.286 e. The van der Waals surface area contributed by atoms with Gasteiger partial charge in [0.25, 0.3) is 5.91 Å². The molecule has 3 N–H and O–H groups in total. The number of rotatable bonds is 2. The van der Waals surface area contributed by atoms with Crippen molar-refractivity contribution < 1.29 is 10.0 Å². The number of H-pyrrole nitrogens is 1. The lowest BCUT2D eigenvalue weighted by atomic mass is 10.0. The summed E-state index contributed by atoms with van der Waals surface area (Å²) in [5.41, 5.74) is 5.38. The lowest BCUT2D eigenvalue weighted by Crippen LogP contribution is -2.30. The van der Waals surface area contributed by atoms with Gasteiger partial charge in [-0.1, -0.05) is 29.5 Å². The number of aromatic nitrogens is 2. The number of benzene rings is 1. The number of nitrogens with zero attached hydrogens (tertiary/aromatic N) is 2. The monoisotopic (exact) mass is 314 g/mol. The normalized spacial score (nSPS) is 14.1. The lowest BCUT2D eigenvalue weighted by molar-refractivity contribution is 0.0710. The van der Waals surface area contributed by atoms with Gasteiger partial charge in [-0.2, -0.15) is 0 Å². The van der Waals surface area contributed by atoms with Gasteiger partial charge in [-0.15, -0.1) is 0 Å². The third-order valence-electron chi connectivity index (χ3n) is 3.97. The fourth-order valence-corrected chi connectivity index (χ4v) is 3.76. The van der Waals surface area contributed by atoms with Crippen LogP contribution in [-0.2, 0) is 13.0 Å². The van der Waals surface area contributed by atoms with Crippen molar-refractivity contribution >= 4 is 33.3 Å². The second-order valence-corrected chi connectivity index (χ2v) is 6.26. The van der Waals surface area contributed by atoms with Gasteiger partial charge in [0.1, 0.15) is 4.88 Å². The highest BCUT2D eigenvalue weighted by molar-refractivity contribution is 7.17. The minimum atomic E-state index is -0.521. The maximum Gasteiger partial charge on any atom is 0.286 e. The van der Waals surface area contributed by atoms with Crippen molar-refractivity contribution in [2.75, 3.05) is 11.4 Å². The highest BCUT2D eigenvalue weighted by atomic mass is 32.1. The van der Waals surface area contributed by atoms with Gasteiger partial charge in [0.2, 0.25) is 0 Å². The Bertz CT molecular complexity index is 854. The fraction of sp³-hybridized carbons (Fsp3) is 0.200. The third-order valence-corrected chi connectivity index (χ3v) is 5.03. The number of thiazole rings is 1. The zero-order chi connectivity index (χ0) is 15.1. The summed E-state index contributed by atoms with van der Waals surface area (Å²) in [6.07, 6.45) is 2.44. The number of aromatic amines is 1. The molecule has 1 aliphatic rings. The van der Waals surface area contributed by atoms with Crippen molar-refractivity contribution in [2.24, 2.45) is 0 Å². The molecule has 1 amide bonds. The van der Waals surface area contributed by atoms with Crippen molar-refractivity contribution in [2.45, 2.75) is 13.0 Å². The molecule has 0 radical (unpaired) electrons. The molecule has 0 saturated carbocycles. The number of anilines is 1. The zero-order valence-corrected chi connectivity index (χ0v) is 12.5. The standard InChI is InChI=1S/C15H14N4O2S/c20-14(18-21)13-7-16-15(22-13)19-6-5-10-9-3-1-2-4-11(9)17-12(10)8-19/h1-4,7,17,21H,5-6,8H2,(H,18,20). The van der Waals surface area contributed by atoms with Gasteiger partial charge < -0.3 is 9.88 Å². The van der Waals surface area contributed by atoms with Crippen molar-refractivity contribution in [3.63, 3.8) is 0 Å². The first-order valence-corrected chi connectivity index (χ1v) is 7.81. The molecule has 0 bridgehead atoms. The first-order chi connectivity index (χ1) is 10.8. The van der Waals surface area contributed by atoms with Crippen LogP contribution in [0.15, 0.2) is 30.5 Å². The summed E-state index contributed by atoms with van der Waals surface area (Å²) in [4.78, 5) is 21.7. The first kappa shape index (κ1) is 13.3. The molecule has 0 aliphatic carbocycles. The van der Waals surface area contributed by atoms with Crippen LogP contribution in [0, 0.1) is 0 Å². The van der Waals surface area contributed by atoms with E-state index in [0.29, 0.717) is 4.88 Å². The highest BCUT2D eigenvalue weighted by Crippen LogP contribution is 2.31. The molecular formula is C15H14N4O2S. The van der Waals surface area contributed by atoms with Crippen molar-refractivity contribution in [3.05, 3.63) is 46.6 Å². The molecule has 0 unspecified atom stereocenters.